The molecule has 4 heteroatoms. The SMILES string of the molecule is NN1c2ccccc2-c2ccnc3[nH]cc(c23)C1C1CCCCC1. The second kappa shape index (κ2) is 5.35. The molecule has 3 N–H and O–H groups in total. The number of fused-ring (bicyclic) bond motifs is 2. The van der Waals surface area contributed by atoms with Gasteiger partial charge in [-0.05, 0) is 36.5 Å². The van der Waals surface area contributed by atoms with Crippen LogP contribution in [0.25, 0.3) is 22.2 Å². The molecule has 0 spiro atoms. The molecule has 3 aromatic rings. The summed E-state index contributed by atoms with van der Waals surface area (Å²) in [5, 5.41) is 3.27. The summed E-state index contributed by atoms with van der Waals surface area (Å²) >= 11 is 0. The van der Waals surface area contributed by atoms with E-state index in [1.165, 1.54) is 54.2 Å². The number of benzene rings is 1. The second-order valence-electron chi connectivity index (χ2n) is 7.09. The van der Waals surface area contributed by atoms with Crippen molar-refractivity contribution in [3.05, 3.63) is 48.3 Å². The van der Waals surface area contributed by atoms with Crippen molar-refractivity contribution in [3.8, 4) is 11.1 Å². The Morgan fingerprint density at radius 2 is 1.88 bits per heavy atom. The molecule has 0 radical (unpaired) electrons. The molecule has 1 aromatic carbocycles. The lowest BCUT2D eigenvalue weighted by molar-refractivity contribution is 0.298. The van der Waals surface area contributed by atoms with E-state index in [0.717, 1.165) is 11.3 Å². The minimum absolute atomic E-state index is 0.214. The zero-order valence-corrected chi connectivity index (χ0v) is 13.7. The average Bonchev–Trinajstić information content (AvgIpc) is 3.02. The number of nitrogens with one attached hydrogen (secondary N) is 1. The summed E-state index contributed by atoms with van der Waals surface area (Å²) in [7, 11) is 0. The van der Waals surface area contributed by atoms with Gasteiger partial charge in [0.25, 0.3) is 0 Å². The van der Waals surface area contributed by atoms with Crippen LogP contribution >= 0.6 is 0 Å². The van der Waals surface area contributed by atoms with Crippen LogP contribution in [0.2, 0.25) is 0 Å². The van der Waals surface area contributed by atoms with E-state index in [1.54, 1.807) is 0 Å². The molecule has 2 aliphatic rings. The first-order valence-corrected chi connectivity index (χ1v) is 8.94. The van der Waals surface area contributed by atoms with Gasteiger partial charge in [0.2, 0.25) is 0 Å². The largest absolute Gasteiger partial charge is 0.346 e. The monoisotopic (exact) mass is 318 g/mol. The zero-order valence-electron chi connectivity index (χ0n) is 13.7. The third kappa shape index (κ3) is 1.93. The number of nitrogens with two attached hydrogens (primary N) is 1. The minimum atomic E-state index is 0.214. The summed E-state index contributed by atoms with van der Waals surface area (Å²) in [5.41, 5.74) is 5.83. The van der Waals surface area contributed by atoms with E-state index in [9.17, 15) is 0 Å². The fourth-order valence-corrected chi connectivity index (χ4v) is 4.70. The van der Waals surface area contributed by atoms with Crippen molar-refractivity contribution in [2.24, 2.45) is 11.8 Å². The van der Waals surface area contributed by atoms with Crippen LogP contribution in [0, 0.1) is 5.92 Å². The minimum Gasteiger partial charge on any atom is -0.346 e. The van der Waals surface area contributed by atoms with Gasteiger partial charge < -0.3 is 9.99 Å². The highest BCUT2D eigenvalue weighted by Gasteiger charge is 2.35. The number of aromatic nitrogens is 2. The predicted molar refractivity (Wildman–Crippen MR) is 97.5 cm³/mol. The Kier molecular flexibility index (Phi) is 3.13. The Labute approximate surface area is 141 Å². The molecule has 1 aliphatic heterocycles. The van der Waals surface area contributed by atoms with Gasteiger partial charge >= 0.3 is 0 Å². The van der Waals surface area contributed by atoms with Crippen LogP contribution in [-0.2, 0) is 0 Å². The van der Waals surface area contributed by atoms with Crippen molar-refractivity contribution in [2.75, 3.05) is 5.01 Å². The van der Waals surface area contributed by atoms with Crippen LogP contribution in [-0.4, -0.2) is 9.97 Å². The molecule has 1 unspecified atom stereocenters. The highest BCUT2D eigenvalue weighted by atomic mass is 15.4. The molecule has 24 heavy (non-hydrogen) atoms. The number of rotatable bonds is 1. The molecular weight excluding hydrogens is 296 g/mol. The number of anilines is 1. The summed E-state index contributed by atoms with van der Waals surface area (Å²) in [4.78, 5) is 7.92. The normalized spacial score (nSPS) is 20.9. The van der Waals surface area contributed by atoms with Crippen LogP contribution in [0.3, 0.4) is 0 Å². The maximum Gasteiger partial charge on any atom is 0.138 e. The Morgan fingerprint density at radius 1 is 1.04 bits per heavy atom. The van der Waals surface area contributed by atoms with Gasteiger partial charge in [0, 0.05) is 28.9 Å². The number of pyridine rings is 1. The fraction of sp³-hybridized carbons (Fsp3) is 0.350. The van der Waals surface area contributed by atoms with E-state index in [-0.39, 0.29) is 6.04 Å². The van der Waals surface area contributed by atoms with Crippen molar-refractivity contribution in [3.63, 3.8) is 0 Å². The summed E-state index contributed by atoms with van der Waals surface area (Å²) < 4.78 is 0. The Balaban J connectivity index is 1.80. The maximum atomic E-state index is 6.73. The predicted octanol–water partition coefficient (Wildman–Crippen LogP) is 4.55. The molecule has 3 heterocycles. The van der Waals surface area contributed by atoms with Crippen LogP contribution in [0.15, 0.2) is 42.7 Å². The first kappa shape index (κ1) is 14.1. The third-order valence-electron chi connectivity index (χ3n) is 5.79. The first-order chi connectivity index (χ1) is 11.8. The lowest BCUT2D eigenvalue weighted by Crippen LogP contribution is -2.39. The van der Waals surface area contributed by atoms with Gasteiger partial charge in [0.05, 0.1) is 11.7 Å². The Morgan fingerprint density at radius 3 is 2.75 bits per heavy atom. The third-order valence-corrected chi connectivity index (χ3v) is 5.79. The lowest BCUT2D eigenvalue weighted by atomic mass is 9.81. The summed E-state index contributed by atoms with van der Waals surface area (Å²) in [6, 6.07) is 10.8. The molecule has 1 atom stereocenters. The molecule has 122 valence electrons. The number of aromatic amines is 1. The van der Waals surface area contributed by atoms with E-state index in [2.05, 4.69) is 46.5 Å². The highest BCUT2D eigenvalue weighted by Crippen LogP contribution is 2.48. The molecule has 4 nitrogen and oxygen atoms in total. The van der Waals surface area contributed by atoms with E-state index in [0.29, 0.717) is 5.92 Å². The average molecular weight is 318 g/mol. The molecule has 5 rings (SSSR count). The van der Waals surface area contributed by atoms with Crippen molar-refractivity contribution >= 4 is 16.7 Å². The summed E-state index contributed by atoms with van der Waals surface area (Å²) in [6.45, 7) is 0. The quantitative estimate of drug-likeness (QED) is 0.647. The highest BCUT2D eigenvalue weighted by molar-refractivity contribution is 6.00. The van der Waals surface area contributed by atoms with E-state index < -0.39 is 0 Å². The van der Waals surface area contributed by atoms with E-state index in [1.807, 2.05) is 11.2 Å². The zero-order chi connectivity index (χ0) is 16.1. The van der Waals surface area contributed by atoms with Gasteiger partial charge in [0.1, 0.15) is 5.65 Å². The van der Waals surface area contributed by atoms with Crippen molar-refractivity contribution in [1.29, 1.82) is 0 Å². The standard InChI is InChI=1S/C20H22N4/c21-24-17-9-5-4-8-14(17)15-10-11-22-20-18(15)16(12-23-20)19(24)13-6-2-1-3-7-13/h4-5,8-13,19H,1-3,6-7,21H2,(H,22,23). The van der Waals surface area contributed by atoms with Crippen LogP contribution in [0.5, 0.6) is 0 Å². The van der Waals surface area contributed by atoms with Crippen molar-refractivity contribution in [2.45, 2.75) is 38.1 Å². The Hall–Kier alpha value is -2.33. The van der Waals surface area contributed by atoms with Gasteiger partial charge in [0.15, 0.2) is 0 Å². The van der Waals surface area contributed by atoms with Gasteiger partial charge in [-0.1, -0.05) is 37.5 Å². The first-order valence-electron chi connectivity index (χ1n) is 8.94. The molecular formula is C20H22N4. The summed E-state index contributed by atoms with van der Waals surface area (Å²) in [6.07, 6.45) is 10.5. The smallest absolute Gasteiger partial charge is 0.138 e. The molecule has 0 saturated heterocycles. The number of para-hydroxylation sites is 1. The van der Waals surface area contributed by atoms with Gasteiger partial charge in [-0.25, -0.2) is 10.8 Å². The number of nitrogens with zero attached hydrogens (tertiary/aromatic N) is 2. The molecule has 2 aromatic heterocycles. The Bertz CT molecular complexity index is 892. The second-order valence-corrected chi connectivity index (χ2v) is 7.09. The van der Waals surface area contributed by atoms with Crippen molar-refractivity contribution < 1.29 is 0 Å². The molecule has 1 aliphatic carbocycles. The van der Waals surface area contributed by atoms with Crippen LogP contribution in [0.1, 0.15) is 43.7 Å². The number of hydrazine groups is 1. The van der Waals surface area contributed by atoms with Crippen LogP contribution < -0.4 is 10.9 Å². The number of hydrogen-bond donors (Lipinski definition) is 2. The maximum absolute atomic E-state index is 6.73. The fourth-order valence-electron chi connectivity index (χ4n) is 4.70. The van der Waals surface area contributed by atoms with Gasteiger partial charge in [-0.2, -0.15) is 0 Å². The molecule has 0 amide bonds. The van der Waals surface area contributed by atoms with E-state index in [4.69, 9.17) is 5.84 Å². The van der Waals surface area contributed by atoms with E-state index >= 15 is 0 Å². The number of H-pyrrole nitrogens is 1. The summed E-state index contributed by atoms with van der Waals surface area (Å²) in [5.74, 6) is 7.33. The van der Waals surface area contributed by atoms with Gasteiger partial charge in [-0.15, -0.1) is 0 Å². The van der Waals surface area contributed by atoms with Gasteiger partial charge in [-0.3, -0.25) is 0 Å². The molecule has 1 fully saturated rings. The van der Waals surface area contributed by atoms with Crippen LogP contribution in [0.4, 0.5) is 5.69 Å². The molecule has 1 saturated carbocycles. The number of hydrogen-bond acceptors (Lipinski definition) is 3. The molecule has 0 bridgehead atoms. The lowest BCUT2D eigenvalue weighted by Gasteiger charge is -2.37. The topological polar surface area (TPSA) is 57.9 Å². The van der Waals surface area contributed by atoms with Crippen molar-refractivity contribution in [1.82, 2.24) is 9.97 Å².